The minimum Gasteiger partial charge on any atom is -0.497 e. The first-order valence-electron chi connectivity index (χ1n) is 8.89. The summed E-state index contributed by atoms with van der Waals surface area (Å²) in [6, 6.07) is 14.3. The molecule has 0 unspecified atom stereocenters. The number of aryl methyl sites for hydroxylation is 1. The number of hydrogen-bond acceptors (Lipinski definition) is 3. The quantitative estimate of drug-likeness (QED) is 0.668. The van der Waals surface area contributed by atoms with Gasteiger partial charge in [-0.05, 0) is 54.9 Å². The van der Waals surface area contributed by atoms with E-state index in [4.69, 9.17) is 21.7 Å². The van der Waals surface area contributed by atoms with Crippen molar-refractivity contribution >= 4 is 23.0 Å². The van der Waals surface area contributed by atoms with Crippen LogP contribution in [-0.2, 0) is 13.0 Å². The van der Waals surface area contributed by atoms with Crippen LogP contribution < -0.4 is 14.8 Å². The van der Waals surface area contributed by atoms with E-state index >= 15 is 0 Å². The molecule has 2 aromatic rings. The number of methoxy groups -OCH3 is 2. The number of benzene rings is 2. The van der Waals surface area contributed by atoms with Crippen molar-refractivity contribution in [3.05, 3.63) is 53.6 Å². The monoisotopic (exact) mass is 372 g/mol. The van der Waals surface area contributed by atoms with Gasteiger partial charge in [0.2, 0.25) is 0 Å². The predicted octanol–water partition coefficient (Wildman–Crippen LogP) is 4.88. The lowest BCUT2D eigenvalue weighted by molar-refractivity contribution is 0.384. The van der Waals surface area contributed by atoms with Crippen molar-refractivity contribution in [1.82, 2.24) is 4.90 Å². The summed E-state index contributed by atoms with van der Waals surface area (Å²) in [5, 5.41) is 3.97. The zero-order valence-corrected chi connectivity index (χ0v) is 16.9. The maximum absolute atomic E-state index is 5.54. The third kappa shape index (κ3) is 5.63. The standard InChI is InChI=1S/C21H28N2O2S/c1-5-6-7-16-8-11-18(12-9-16)22-21(26)23(2)15-17-10-13-19(24-3)14-20(17)25-4/h8-14H,5-7,15H2,1-4H3,(H,22,26). The Morgan fingerprint density at radius 1 is 1.08 bits per heavy atom. The highest BCUT2D eigenvalue weighted by molar-refractivity contribution is 7.80. The van der Waals surface area contributed by atoms with Crippen LogP contribution in [0, 0.1) is 0 Å². The Hall–Kier alpha value is -2.27. The predicted molar refractivity (Wildman–Crippen MR) is 112 cm³/mol. The molecule has 0 fully saturated rings. The van der Waals surface area contributed by atoms with Crippen molar-refractivity contribution in [1.29, 1.82) is 0 Å². The number of nitrogens with zero attached hydrogens (tertiary/aromatic N) is 1. The second-order valence-corrected chi connectivity index (χ2v) is 6.65. The molecule has 0 bridgehead atoms. The summed E-state index contributed by atoms with van der Waals surface area (Å²) in [6.07, 6.45) is 3.56. The zero-order valence-electron chi connectivity index (χ0n) is 16.0. The minimum absolute atomic E-state index is 0.646. The SMILES string of the molecule is CCCCc1ccc(NC(=S)N(C)Cc2ccc(OC)cc2OC)cc1. The number of unbranched alkanes of at least 4 members (excludes halogenated alkanes) is 1. The van der Waals surface area contributed by atoms with E-state index in [1.807, 2.05) is 30.1 Å². The van der Waals surface area contributed by atoms with Gasteiger partial charge in [-0.1, -0.05) is 25.5 Å². The average molecular weight is 373 g/mol. The van der Waals surface area contributed by atoms with E-state index in [1.165, 1.54) is 18.4 Å². The lowest BCUT2D eigenvalue weighted by Crippen LogP contribution is -2.30. The van der Waals surface area contributed by atoms with Gasteiger partial charge in [-0.15, -0.1) is 0 Å². The first kappa shape index (κ1) is 20.0. The number of nitrogens with one attached hydrogen (secondary N) is 1. The second-order valence-electron chi connectivity index (χ2n) is 6.26. The molecular formula is C21H28N2O2S. The van der Waals surface area contributed by atoms with Crippen molar-refractivity contribution in [2.75, 3.05) is 26.6 Å². The molecule has 140 valence electrons. The number of rotatable bonds is 8. The summed E-state index contributed by atoms with van der Waals surface area (Å²) in [4.78, 5) is 1.99. The molecule has 26 heavy (non-hydrogen) atoms. The number of thiocarbonyl (C=S) groups is 1. The summed E-state index contributed by atoms with van der Waals surface area (Å²) in [5.41, 5.74) is 3.42. The first-order valence-corrected chi connectivity index (χ1v) is 9.30. The maximum atomic E-state index is 5.54. The minimum atomic E-state index is 0.646. The van der Waals surface area contributed by atoms with Gasteiger partial charge in [-0.25, -0.2) is 0 Å². The van der Waals surface area contributed by atoms with Crippen LogP contribution in [0.25, 0.3) is 0 Å². The summed E-state index contributed by atoms with van der Waals surface area (Å²) in [5.74, 6) is 1.57. The van der Waals surface area contributed by atoms with Crippen LogP contribution in [0.2, 0.25) is 0 Å². The van der Waals surface area contributed by atoms with E-state index in [0.29, 0.717) is 11.7 Å². The van der Waals surface area contributed by atoms with Crippen LogP contribution in [0.5, 0.6) is 11.5 Å². The van der Waals surface area contributed by atoms with E-state index in [9.17, 15) is 0 Å². The van der Waals surface area contributed by atoms with E-state index in [0.717, 1.165) is 29.2 Å². The highest BCUT2D eigenvalue weighted by Crippen LogP contribution is 2.25. The van der Waals surface area contributed by atoms with Crippen molar-refractivity contribution in [2.45, 2.75) is 32.7 Å². The van der Waals surface area contributed by atoms with Crippen molar-refractivity contribution in [3.8, 4) is 11.5 Å². The smallest absolute Gasteiger partial charge is 0.173 e. The fraction of sp³-hybridized carbons (Fsp3) is 0.381. The van der Waals surface area contributed by atoms with Gasteiger partial charge in [-0.2, -0.15) is 0 Å². The summed E-state index contributed by atoms with van der Waals surface area (Å²) in [6.45, 7) is 2.86. The van der Waals surface area contributed by atoms with Crippen LogP contribution in [0.4, 0.5) is 5.69 Å². The number of anilines is 1. The molecule has 0 atom stereocenters. The van der Waals surface area contributed by atoms with E-state index in [1.54, 1.807) is 14.2 Å². The molecular weight excluding hydrogens is 344 g/mol. The van der Waals surface area contributed by atoms with Crippen molar-refractivity contribution < 1.29 is 9.47 Å². The number of ether oxygens (including phenoxy) is 2. The van der Waals surface area contributed by atoms with Crippen LogP contribution in [0.15, 0.2) is 42.5 Å². The lowest BCUT2D eigenvalue weighted by Gasteiger charge is -2.22. The molecule has 0 saturated heterocycles. The van der Waals surface area contributed by atoms with E-state index in [-0.39, 0.29) is 0 Å². The first-order chi connectivity index (χ1) is 12.6. The zero-order chi connectivity index (χ0) is 18.9. The Bertz CT molecular complexity index is 716. The number of hydrogen-bond donors (Lipinski definition) is 1. The molecule has 4 nitrogen and oxygen atoms in total. The largest absolute Gasteiger partial charge is 0.497 e. The Morgan fingerprint density at radius 2 is 1.81 bits per heavy atom. The summed E-state index contributed by atoms with van der Waals surface area (Å²) >= 11 is 5.54. The van der Waals surface area contributed by atoms with Gasteiger partial charge < -0.3 is 19.7 Å². The second kappa shape index (κ2) is 10.0. The molecule has 2 aromatic carbocycles. The van der Waals surface area contributed by atoms with Crippen molar-refractivity contribution in [2.24, 2.45) is 0 Å². The highest BCUT2D eigenvalue weighted by atomic mass is 32.1. The fourth-order valence-electron chi connectivity index (χ4n) is 2.66. The molecule has 0 aliphatic heterocycles. The van der Waals surface area contributed by atoms with Crippen LogP contribution in [-0.4, -0.2) is 31.3 Å². The molecule has 0 spiro atoms. The highest BCUT2D eigenvalue weighted by Gasteiger charge is 2.10. The summed E-state index contributed by atoms with van der Waals surface area (Å²) in [7, 11) is 5.27. The van der Waals surface area contributed by atoms with Crippen LogP contribution in [0.1, 0.15) is 30.9 Å². The average Bonchev–Trinajstić information content (AvgIpc) is 2.67. The molecule has 0 aliphatic carbocycles. The lowest BCUT2D eigenvalue weighted by atomic mass is 10.1. The Morgan fingerprint density at radius 3 is 2.42 bits per heavy atom. The van der Waals surface area contributed by atoms with Gasteiger partial charge >= 0.3 is 0 Å². The Labute approximate surface area is 162 Å². The molecule has 2 rings (SSSR count). The topological polar surface area (TPSA) is 33.7 Å². The molecule has 0 radical (unpaired) electrons. The van der Waals surface area contributed by atoms with Crippen LogP contribution in [0.3, 0.4) is 0 Å². The van der Waals surface area contributed by atoms with E-state index in [2.05, 4.69) is 36.5 Å². The van der Waals surface area contributed by atoms with E-state index < -0.39 is 0 Å². The Balaban J connectivity index is 1.97. The molecule has 0 amide bonds. The van der Waals surface area contributed by atoms with Gasteiger partial charge in [0.25, 0.3) is 0 Å². The third-order valence-corrected chi connectivity index (χ3v) is 4.69. The Kier molecular flexibility index (Phi) is 7.73. The summed E-state index contributed by atoms with van der Waals surface area (Å²) < 4.78 is 10.7. The fourth-order valence-corrected chi connectivity index (χ4v) is 2.85. The van der Waals surface area contributed by atoms with Crippen molar-refractivity contribution in [3.63, 3.8) is 0 Å². The molecule has 0 saturated carbocycles. The van der Waals surface area contributed by atoms with Gasteiger partial charge in [0.15, 0.2) is 5.11 Å². The molecule has 0 aromatic heterocycles. The van der Waals surface area contributed by atoms with Gasteiger partial charge in [0.05, 0.1) is 14.2 Å². The normalized spacial score (nSPS) is 10.3. The third-order valence-electron chi connectivity index (χ3n) is 4.27. The molecule has 0 heterocycles. The molecule has 0 aliphatic rings. The van der Waals surface area contributed by atoms with Gasteiger partial charge in [-0.3, -0.25) is 0 Å². The van der Waals surface area contributed by atoms with Gasteiger partial charge in [0.1, 0.15) is 11.5 Å². The van der Waals surface area contributed by atoms with Gasteiger partial charge in [0, 0.05) is 30.9 Å². The molecule has 1 N–H and O–H groups in total. The maximum Gasteiger partial charge on any atom is 0.173 e. The molecule has 5 heteroatoms. The van der Waals surface area contributed by atoms with Crippen LogP contribution >= 0.6 is 12.2 Å².